The molecule has 2 N–H and O–H groups in total. The number of carbonyl (C=O) groups is 1. The molecule has 1 aliphatic rings. The van der Waals surface area contributed by atoms with Crippen molar-refractivity contribution < 1.29 is 14.3 Å². The summed E-state index contributed by atoms with van der Waals surface area (Å²) in [4.78, 5) is 11.2. The molecule has 1 aromatic carbocycles. The average Bonchev–Trinajstić information content (AvgIpc) is 2.84. The van der Waals surface area contributed by atoms with E-state index in [1.165, 1.54) is 11.1 Å². The molecule has 0 fully saturated rings. The number of carbonyl (C=O) groups excluding carboxylic acids is 1. The lowest BCUT2D eigenvalue weighted by molar-refractivity contribution is -0.143. The minimum atomic E-state index is -0.103. The van der Waals surface area contributed by atoms with Crippen molar-refractivity contribution in [3.8, 4) is 5.75 Å². The number of hydrogen-bond acceptors (Lipinski definition) is 4. The maximum absolute atomic E-state index is 11.2. The van der Waals surface area contributed by atoms with Crippen LogP contribution >= 0.6 is 0 Å². The second-order valence-corrected chi connectivity index (χ2v) is 5.47. The number of aryl methyl sites for hydroxylation is 1. The SMILES string of the molecule is CCOC(=O)CCCCCOc1ccc2c(c1)CCC2N. The van der Waals surface area contributed by atoms with Crippen LogP contribution in [0, 0.1) is 0 Å². The molecule has 2 rings (SSSR count). The number of ether oxygens (including phenoxy) is 2. The fourth-order valence-corrected chi connectivity index (χ4v) is 2.69. The normalized spacial score (nSPS) is 16.6. The molecule has 1 aromatic rings. The minimum Gasteiger partial charge on any atom is -0.494 e. The zero-order valence-electron chi connectivity index (χ0n) is 12.8. The molecule has 116 valence electrons. The molecule has 0 saturated carbocycles. The van der Waals surface area contributed by atoms with E-state index in [1.54, 1.807) is 0 Å². The van der Waals surface area contributed by atoms with Crippen LogP contribution in [0.15, 0.2) is 18.2 Å². The second kappa shape index (κ2) is 8.03. The first-order valence-electron chi connectivity index (χ1n) is 7.87. The Kier molecular flexibility index (Phi) is 6.05. The van der Waals surface area contributed by atoms with Crippen LogP contribution in [0.2, 0.25) is 0 Å². The van der Waals surface area contributed by atoms with Gasteiger partial charge in [-0.15, -0.1) is 0 Å². The van der Waals surface area contributed by atoms with Crippen molar-refractivity contribution >= 4 is 5.97 Å². The number of benzene rings is 1. The molecular weight excluding hydrogens is 266 g/mol. The number of unbranched alkanes of at least 4 members (excludes halogenated alkanes) is 2. The van der Waals surface area contributed by atoms with E-state index < -0.39 is 0 Å². The van der Waals surface area contributed by atoms with Gasteiger partial charge in [0.1, 0.15) is 5.75 Å². The lowest BCUT2D eigenvalue weighted by Gasteiger charge is -2.09. The highest BCUT2D eigenvalue weighted by Gasteiger charge is 2.18. The number of rotatable bonds is 8. The summed E-state index contributed by atoms with van der Waals surface area (Å²) in [6.45, 7) is 2.98. The molecule has 0 spiro atoms. The van der Waals surface area contributed by atoms with Gasteiger partial charge in [0.05, 0.1) is 13.2 Å². The third kappa shape index (κ3) is 4.74. The minimum absolute atomic E-state index is 0.103. The molecule has 0 aliphatic heterocycles. The number of fused-ring (bicyclic) bond motifs is 1. The van der Waals surface area contributed by atoms with Crippen molar-refractivity contribution in [3.63, 3.8) is 0 Å². The molecule has 0 amide bonds. The summed E-state index contributed by atoms with van der Waals surface area (Å²) in [5, 5.41) is 0. The van der Waals surface area contributed by atoms with Gasteiger partial charge in [-0.3, -0.25) is 4.79 Å². The number of nitrogens with two attached hydrogens (primary N) is 1. The molecule has 21 heavy (non-hydrogen) atoms. The quantitative estimate of drug-likeness (QED) is 0.590. The Balaban J connectivity index is 1.62. The highest BCUT2D eigenvalue weighted by Crippen LogP contribution is 2.31. The van der Waals surface area contributed by atoms with Crippen molar-refractivity contribution in [1.82, 2.24) is 0 Å². The Morgan fingerprint density at radius 3 is 3.00 bits per heavy atom. The smallest absolute Gasteiger partial charge is 0.305 e. The predicted octanol–water partition coefficient (Wildman–Crippen LogP) is 3.13. The van der Waals surface area contributed by atoms with Crippen LogP contribution in [0.4, 0.5) is 0 Å². The van der Waals surface area contributed by atoms with Gasteiger partial charge in [0.2, 0.25) is 0 Å². The maximum atomic E-state index is 11.2. The highest BCUT2D eigenvalue weighted by atomic mass is 16.5. The van der Waals surface area contributed by atoms with Gasteiger partial charge in [-0.1, -0.05) is 6.07 Å². The van der Waals surface area contributed by atoms with Crippen molar-refractivity contribution in [2.75, 3.05) is 13.2 Å². The molecule has 1 unspecified atom stereocenters. The molecule has 1 aliphatic carbocycles. The fourth-order valence-electron chi connectivity index (χ4n) is 2.69. The summed E-state index contributed by atoms with van der Waals surface area (Å²) in [5.41, 5.74) is 8.60. The Morgan fingerprint density at radius 2 is 2.19 bits per heavy atom. The molecule has 0 aromatic heterocycles. The van der Waals surface area contributed by atoms with E-state index in [4.69, 9.17) is 15.2 Å². The summed E-state index contributed by atoms with van der Waals surface area (Å²) in [6.07, 6.45) is 5.39. The first kappa shape index (κ1) is 15.8. The Bertz CT molecular complexity index is 473. The van der Waals surface area contributed by atoms with Crippen LogP contribution in [0.5, 0.6) is 5.75 Å². The van der Waals surface area contributed by atoms with E-state index in [0.29, 0.717) is 19.6 Å². The van der Waals surface area contributed by atoms with E-state index >= 15 is 0 Å². The molecule has 4 heteroatoms. The standard InChI is InChI=1S/C17H25NO3/c1-2-20-17(19)6-4-3-5-11-21-14-8-9-15-13(12-14)7-10-16(15)18/h8-9,12,16H,2-7,10-11,18H2,1H3. The molecule has 0 bridgehead atoms. The lowest BCUT2D eigenvalue weighted by atomic mass is 10.1. The molecule has 0 heterocycles. The fraction of sp³-hybridized carbons (Fsp3) is 0.588. The summed E-state index contributed by atoms with van der Waals surface area (Å²) >= 11 is 0. The third-order valence-electron chi connectivity index (χ3n) is 3.84. The lowest BCUT2D eigenvalue weighted by Crippen LogP contribution is -2.05. The summed E-state index contributed by atoms with van der Waals surface area (Å²) in [5.74, 6) is 0.821. The largest absolute Gasteiger partial charge is 0.494 e. The van der Waals surface area contributed by atoms with E-state index in [1.807, 2.05) is 13.0 Å². The molecule has 0 radical (unpaired) electrons. The van der Waals surface area contributed by atoms with Crippen LogP contribution in [-0.4, -0.2) is 19.2 Å². The van der Waals surface area contributed by atoms with Gasteiger partial charge in [0.25, 0.3) is 0 Å². The third-order valence-corrected chi connectivity index (χ3v) is 3.84. The second-order valence-electron chi connectivity index (χ2n) is 5.47. The topological polar surface area (TPSA) is 61.5 Å². The van der Waals surface area contributed by atoms with Crippen LogP contribution in [0.3, 0.4) is 0 Å². The van der Waals surface area contributed by atoms with Gasteiger partial charge in [-0.2, -0.15) is 0 Å². The summed E-state index contributed by atoms with van der Waals surface area (Å²) in [7, 11) is 0. The van der Waals surface area contributed by atoms with Crippen LogP contribution in [0.1, 0.15) is 56.2 Å². The van der Waals surface area contributed by atoms with Gasteiger partial charge >= 0.3 is 5.97 Å². The van der Waals surface area contributed by atoms with Crippen LogP contribution in [0.25, 0.3) is 0 Å². The monoisotopic (exact) mass is 291 g/mol. The molecule has 1 atom stereocenters. The Labute approximate surface area is 126 Å². The first-order valence-corrected chi connectivity index (χ1v) is 7.87. The first-order chi connectivity index (χ1) is 10.2. The van der Waals surface area contributed by atoms with E-state index in [-0.39, 0.29) is 12.0 Å². The molecule has 0 saturated heterocycles. The van der Waals surface area contributed by atoms with Gasteiger partial charge < -0.3 is 15.2 Å². The van der Waals surface area contributed by atoms with Crippen LogP contribution < -0.4 is 10.5 Å². The summed E-state index contributed by atoms with van der Waals surface area (Å²) in [6, 6.07) is 6.39. The zero-order valence-corrected chi connectivity index (χ0v) is 12.8. The molecular formula is C17H25NO3. The van der Waals surface area contributed by atoms with Gasteiger partial charge in [0, 0.05) is 12.5 Å². The van der Waals surface area contributed by atoms with Crippen molar-refractivity contribution in [1.29, 1.82) is 0 Å². The van der Waals surface area contributed by atoms with Crippen LogP contribution in [-0.2, 0) is 16.0 Å². The van der Waals surface area contributed by atoms with Crippen molar-refractivity contribution in [2.24, 2.45) is 5.73 Å². The average molecular weight is 291 g/mol. The van der Waals surface area contributed by atoms with Crippen molar-refractivity contribution in [3.05, 3.63) is 29.3 Å². The van der Waals surface area contributed by atoms with E-state index in [2.05, 4.69) is 12.1 Å². The van der Waals surface area contributed by atoms with E-state index in [0.717, 1.165) is 37.9 Å². The van der Waals surface area contributed by atoms with E-state index in [9.17, 15) is 4.79 Å². The predicted molar refractivity (Wildman–Crippen MR) is 82.3 cm³/mol. The highest BCUT2D eigenvalue weighted by molar-refractivity contribution is 5.69. The van der Waals surface area contributed by atoms with Gasteiger partial charge in [0.15, 0.2) is 0 Å². The number of esters is 1. The molecule has 4 nitrogen and oxygen atoms in total. The Morgan fingerprint density at radius 1 is 1.33 bits per heavy atom. The number of hydrogen-bond donors (Lipinski definition) is 1. The van der Waals surface area contributed by atoms with Gasteiger partial charge in [-0.05, 0) is 62.3 Å². The maximum Gasteiger partial charge on any atom is 0.305 e. The summed E-state index contributed by atoms with van der Waals surface area (Å²) < 4.78 is 10.7. The Hall–Kier alpha value is -1.55. The van der Waals surface area contributed by atoms with Crippen molar-refractivity contribution in [2.45, 2.75) is 51.5 Å². The zero-order chi connectivity index (χ0) is 15.1. The van der Waals surface area contributed by atoms with Gasteiger partial charge in [-0.25, -0.2) is 0 Å².